The lowest BCUT2D eigenvalue weighted by atomic mass is 10.0. The number of benzene rings is 1. The molecule has 10 heteroatoms. The maximum atomic E-state index is 13.1. The molecular formula is C19H27Cl2N3O4S. The fraction of sp³-hybridized carbons (Fsp3) is 0.579. The molecule has 1 N–H and O–H groups in total. The minimum Gasteiger partial charge on any atom is -0.332 e. The number of piperidine rings is 1. The Morgan fingerprint density at radius 3 is 2.45 bits per heavy atom. The molecule has 29 heavy (non-hydrogen) atoms. The van der Waals surface area contributed by atoms with Crippen LogP contribution in [0.1, 0.15) is 39.5 Å². The zero-order valence-electron chi connectivity index (χ0n) is 16.7. The maximum Gasteiger partial charge on any atom is 0.244 e. The molecule has 0 saturated carbocycles. The third-order valence-electron chi connectivity index (χ3n) is 4.81. The number of sulfonamides is 1. The normalized spacial score (nSPS) is 17.7. The lowest BCUT2D eigenvalue weighted by Crippen LogP contribution is -2.54. The van der Waals surface area contributed by atoms with E-state index in [0.29, 0.717) is 29.4 Å². The molecule has 0 aliphatic carbocycles. The summed E-state index contributed by atoms with van der Waals surface area (Å²) in [6.45, 7) is 3.94. The van der Waals surface area contributed by atoms with Crippen molar-refractivity contribution in [1.82, 2.24) is 9.21 Å². The average Bonchev–Trinajstić information content (AvgIpc) is 2.68. The molecule has 162 valence electrons. The van der Waals surface area contributed by atoms with Crippen LogP contribution >= 0.6 is 23.2 Å². The van der Waals surface area contributed by atoms with Gasteiger partial charge in [0, 0.05) is 13.1 Å². The summed E-state index contributed by atoms with van der Waals surface area (Å²) in [6, 6.07) is 4.10. The van der Waals surface area contributed by atoms with Crippen molar-refractivity contribution in [2.24, 2.45) is 0 Å². The highest BCUT2D eigenvalue weighted by Crippen LogP contribution is 2.30. The van der Waals surface area contributed by atoms with Gasteiger partial charge in [-0.3, -0.25) is 9.59 Å². The number of carbonyl (C=O) groups is 2. The zero-order valence-corrected chi connectivity index (χ0v) is 19.0. The van der Waals surface area contributed by atoms with E-state index < -0.39 is 22.0 Å². The van der Waals surface area contributed by atoms with Crippen LogP contribution in [0.5, 0.6) is 0 Å². The molecule has 0 radical (unpaired) electrons. The first-order valence-corrected chi connectivity index (χ1v) is 12.1. The third kappa shape index (κ3) is 6.07. The van der Waals surface area contributed by atoms with Gasteiger partial charge in [-0.2, -0.15) is 4.31 Å². The van der Waals surface area contributed by atoms with Crippen molar-refractivity contribution < 1.29 is 18.0 Å². The Labute approximate surface area is 182 Å². The van der Waals surface area contributed by atoms with Crippen molar-refractivity contribution in [3.8, 4) is 0 Å². The topological polar surface area (TPSA) is 86.8 Å². The number of para-hydroxylation sites is 1. The predicted molar refractivity (Wildman–Crippen MR) is 116 cm³/mol. The van der Waals surface area contributed by atoms with Crippen LogP contribution in [0.2, 0.25) is 10.0 Å². The number of halogens is 2. The van der Waals surface area contributed by atoms with Gasteiger partial charge in [0.25, 0.3) is 0 Å². The van der Waals surface area contributed by atoms with Gasteiger partial charge >= 0.3 is 0 Å². The van der Waals surface area contributed by atoms with Crippen LogP contribution < -0.4 is 5.32 Å². The Morgan fingerprint density at radius 1 is 1.21 bits per heavy atom. The van der Waals surface area contributed by atoms with Crippen LogP contribution in [-0.4, -0.2) is 60.9 Å². The summed E-state index contributed by atoms with van der Waals surface area (Å²) >= 11 is 12.1. The molecule has 1 fully saturated rings. The molecule has 2 amide bonds. The molecule has 1 saturated heterocycles. The quantitative estimate of drug-likeness (QED) is 0.639. The van der Waals surface area contributed by atoms with E-state index in [1.807, 2.05) is 0 Å². The molecule has 1 aromatic carbocycles. The largest absolute Gasteiger partial charge is 0.332 e. The fourth-order valence-electron chi connectivity index (χ4n) is 3.39. The van der Waals surface area contributed by atoms with Gasteiger partial charge < -0.3 is 10.2 Å². The summed E-state index contributed by atoms with van der Waals surface area (Å²) < 4.78 is 26.5. The van der Waals surface area contributed by atoms with Gasteiger partial charge in [0.2, 0.25) is 21.8 Å². The molecule has 0 bridgehead atoms. The van der Waals surface area contributed by atoms with Crippen LogP contribution in [0.25, 0.3) is 0 Å². The van der Waals surface area contributed by atoms with E-state index >= 15 is 0 Å². The number of carbonyl (C=O) groups excluding carboxylic acids is 2. The Morgan fingerprint density at radius 2 is 1.86 bits per heavy atom. The predicted octanol–water partition coefficient (Wildman–Crippen LogP) is 3.37. The van der Waals surface area contributed by atoms with Crippen molar-refractivity contribution in [2.45, 2.75) is 45.6 Å². The second-order valence-electron chi connectivity index (χ2n) is 6.94. The number of nitrogens with zero attached hydrogens (tertiary/aromatic N) is 2. The van der Waals surface area contributed by atoms with E-state index in [9.17, 15) is 18.0 Å². The standard InChI is InChI=1S/C19H27Cl2N3O4S/c1-3-12-29(27,28)24-11-6-5-10-16(24)19(26)23(4-2)13-17(25)22-18-14(20)8-7-9-15(18)21/h7-9,16H,3-6,10-13H2,1-2H3,(H,22,25). The van der Waals surface area contributed by atoms with Gasteiger partial charge in [-0.1, -0.05) is 42.6 Å². The lowest BCUT2D eigenvalue weighted by molar-refractivity contribution is -0.138. The number of amides is 2. The summed E-state index contributed by atoms with van der Waals surface area (Å²) in [4.78, 5) is 27.0. The molecule has 2 rings (SSSR count). The summed E-state index contributed by atoms with van der Waals surface area (Å²) in [5, 5.41) is 3.23. The molecule has 1 aliphatic rings. The lowest BCUT2D eigenvalue weighted by Gasteiger charge is -2.36. The van der Waals surface area contributed by atoms with Gasteiger partial charge in [0.1, 0.15) is 6.04 Å². The van der Waals surface area contributed by atoms with E-state index in [4.69, 9.17) is 23.2 Å². The van der Waals surface area contributed by atoms with E-state index in [-0.39, 0.29) is 30.4 Å². The first-order valence-electron chi connectivity index (χ1n) is 9.73. The van der Waals surface area contributed by atoms with E-state index in [2.05, 4.69) is 5.32 Å². The molecule has 1 aliphatic heterocycles. The van der Waals surface area contributed by atoms with Crippen LogP contribution in [-0.2, 0) is 19.6 Å². The Hall–Kier alpha value is -1.35. The summed E-state index contributed by atoms with van der Waals surface area (Å²) in [5.41, 5.74) is 0.286. The number of nitrogens with one attached hydrogen (secondary N) is 1. The monoisotopic (exact) mass is 463 g/mol. The van der Waals surface area contributed by atoms with Crippen molar-refractivity contribution in [3.05, 3.63) is 28.2 Å². The minimum atomic E-state index is -3.51. The Balaban J connectivity index is 2.13. The third-order valence-corrected chi connectivity index (χ3v) is 7.52. The molecule has 0 spiro atoms. The highest BCUT2D eigenvalue weighted by Gasteiger charge is 2.38. The first-order chi connectivity index (χ1) is 13.7. The minimum absolute atomic E-state index is 0.00833. The number of hydrogen-bond donors (Lipinski definition) is 1. The molecule has 1 atom stereocenters. The van der Waals surface area contributed by atoms with E-state index in [1.165, 1.54) is 9.21 Å². The van der Waals surface area contributed by atoms with Gasteiger partial charge in [-0.25, -0.2) is 8.42 Å². The molecule has 7 nitrogen and oxygen atoms in total. The van der Waals surface area contributed by atoms with Crippen LogP contribution in [0, 0.1) is 0 Å². The van der Waals surface area contributed by atoms with Crippen molar-refractivity contribution >= 4 is 50.7 Å². The van der Waals surface area contributed by atoms with Gasteiger partial charge in [-0.15, -0.1) is 0 Å². The summed E-state index contributed by atoms with van der Waals surface area (Å²) in [5.74, 6) is -0.796. The van der Waals surface area contributed by atoms with E-state index in [0.717, 1.165) is 12.8 Å². The van der Waals surface area contributed by atoms with Gasteiger partial charge in [0.15, 0.2) is 0 Å². The smallest absolute Gasteiger partial charge is 0.244 e. The summed E-state index contributed by atoms with van der Waals surface area (Å²) in [6.07, 6.45) is 2.44. The molecule has 1 aromatic rings. The number of hydrogen-bond acceptors (Lipinski definition) is 4. The van der Waals surface area contributed by atoms with Crippen molar-refractivity contribution in [3.63, 3.8) is 0 Å². The SMILES string of the molecule is CCCS(=O)(=O)N1CCCCC1C(=O)N(CC)CC(=O)Nc1c(Cl)cccc1Cl. The molecule has 0 aromatic heterocycles. The van der Waals surface area contributed by atoms with Gasteiger partial charge in [-0.05, 0) is 38.3 Å². The van der Waals surface area contributed by atoms with E-state index in [1.54, 1.807) is 32.0 Å². The Bertz CT molecular complexity index is 828. The number of likely N-dealkylation sites (N-methyl/N-ethyl adjacent to an activating group) is 1. The molecule has 1 unspecified atom stereocenters. The van der Waals surface area contributed by atoms with Crippen LogP contribution in [0.3, 0.4) is 0 Å². The van der Waals surface area contributed by atoms with Crippen LogP contribution in [0.4, 0.5) is 5.69 Å². The highest BCUT2D eigenvalue weighted by molar-refractivity contribution is 7.89. The van der Waals surface area contributed by atoms with Gasteiger partial charge in [0.05, 0.1) is 28.0 Å². The average molecular weight is 464 g/mol. The Kier molecular flexibility index (Phi) is 8.75. The highest BCUT2D eigenvalue weighted by atomic mass is 35.5. The van der Waals surface area contributed by atoms with Crippen LogP contribution in [0.15, 0.2) is 18.2 Å². The summed E-state index contributed by atoms with van der Waals surface area (Å²) in [7, 11) is -3.51. The number of rotatable bonds is 8. The van der Waals surface area contributed by atoms with Crippen molar-refractivity contribution in [2.75, 3.05) is 30.7 Å². The molecular weight excluding hydrogens is 437 g/mol. The maximum absolute atomic E-state index is 13.1. The second-order valence-corrected chi connectivity index (χ2v) is 9.79. The fourth-order valence-corrected chi connectivity index (χ4v) is 5.62. The molecule has 1 heterocycles. The van der Waals surface area contributed by atoms with Crippen molar-refractivity contribution in [1.29, 1.82) is 0 Å². The second kappa shape index (κ2) is 10.6. The first kappa shape index (κ1) is 23.9. The number of anilines is 1. The zero-order chi connectivity index (χ0) is 21.6.